The van der Waals surface area contributed by atoms with Crippen LogP contribution in [0.1, 0.15) is 19.3 Å². The zero-order valence-corrected chi connectivity index (χ0v) is 13.1. The Morgan fingerprint density at radius 2 is 2.13 bits per heavy atom. The van der Waals surface area contributed by atoms with Crippen molar-refractivity contribution in [3.05, 3.63) is 29.8 Å². The molecule has 1 aromatic carbocycles. The minimum Gasteiger partial charge on any atom is -0.481 e. The minimum atomic E-state index is -3.88. The first-order valence-corrected chi connectivity index (χ1v) is 8.74. The summed E-state index contributed by atoms with van der Waals surface area (Å²) in [4.78, 5) is 11.6. The molecule has 1 saturated heterocycles. The lowest BCUT2D eigenvalue weighted by Gasteiger charge is -2.22. The highest BCUT2D eigenvalue weighted by Gasteiger charge is 2.23. The number of carbonyl (C=O) groups excluding carboxylic acids is 1. The van der Waals surface area contributed by atoms with Gasteiger partial charge in [-0.15, -0.1) is 0 Å². The van der Waals surface area contributed by atoms with E-state index in [0.29, 0.717) is 13.0 Å². The summed E-state index contributed by atoms with van der Waals surface area (Å²) in [7, 11) is -3.88. The zero-order valence-electron chi connectivity index (χ0n) is 12.3. The highest BCUT2D eigenvalue weighted by molar-refractivity contribution is 7.90. The van der Waals surface area contributed by atoms with Crippen LogP contribution in [0, 0.1) is 11.6 Å². The van der Waals surface area contributed by atoms with Crippen molar-refractivity contribution in [2.75, 3.05) is 19.0 Å². The van der Waals surface area contributed by atoms with Crippen LogP contribution in [0.15, 0.2) is 18.2 Å². The third-order valence-electron chi connectivity index (χ3n) is 3.20. The van der Waals surface area contributed by atoms with Gasteiger partial charge in [0.25, 0.3) is 5.91 Å². The van der Waals surface area contributed by atoms with E-state index in [1.165, 1.54) is 0 Å². The van der Waals surface area contributed by atoms with Gasteiger partial charge >= 0.3 is 0 Å². The SMILES string of the molecule is O=C(COc1cc(F)ccc1F)NS(=O)(=O)CC1CCCCO1. The quantitative estimate of drug-likeness (QED) is 0.839. The average molecular weight is 349 g/mol. The van der Waals surface area contributed by atoms with E-state index in [1.54, 1.807) is 0 Å². The van der Waals surface area contributed by atoms with Crippen LogP contribution in [0.3, 0.4) is 0 Å². The number of hydrogen-bond donors (Lipinski definition) is 1. The molecule has 1 heterocycles. The molecule has 2 rings (SSSR count). The van der Waals surface area contributed by atoms with Gasteiger partial charge in [0.1, 0.15) is 5.82 Å². The molecule has 1 fully saturated rings. The molecular formula is C14H17F2NO5S. The van der Waals surface area contributed by atoms with Gasteiger partial charge in [0.05, 0.1) is 11.9 Å². The van der Waals surface area contributed by atoms with E-state index in [-0.39, 0.29) is 5.75 Å². The van der Waals surface area contributed by atoms with Crippen molar-refractivity contribution < 1.29 is 31.5 Å². The summed E-state index contributed by atoms with van der Waals surface area (Å²) in [6.07, 6.45) is 1.92. The maximum absolute atomic E-state index is 13.3. The third-order valence-corrected chi connectivity index (χ3v) is 4.55. The number of rotatable bonds is 6. The normalized spacial score (nSPS) is 18.4. The summed E-state index contributed by atoms with van der Waals surface area (Å²) in [5, 5.41) is 0. The molecule has 1 unspecified atom stereocenters. The molecule has 0 spiro atoms. The summed E-state index contributed by atoms with van der Waals surface area (Å²) in [5.74, 6) is -3.34. The monoisotopic (exact) mass is 349 g/mol. The zero-order chi connectivity index (χ0) is 16.9. The molecular weight excluding hydrogens is 332 g/mol. The summed E-state index contributed by atoms with van der Waals surface area (Å²) < 4.78 is 61.8. The Kier molecular flexibility index (Phi) is 5.89. The van der Waals surface area contributed by atoms with E-state index in [4.69, 9.17) is 9.47 Å². The number of ether oxygens (including phenoxy) is 2. The lowest BCUT2D eigenvalue weighted by atomic mass is 10.1. The van der Waals surface area contributed by atoms with Gasteiger partial charge in [0, 0.05) is 12.7 Å². The summed E-state index contributed by atoms with van der Waals surface area (Å²) in [5.41, 5.74) is 0. The first kappa shape index (κ1) is 17.6. The van der Waals surface area contributed by atoms with E-state index in [2.05, 4.69) is 0 Å². The molecule has 128 valence electrons. The smallest absolute Gasteiger partial charge is 0.271 e. The predicted molar refractivity (Wildman–Crippen MR) is 77.4 cm³/mol. The fourth-order valence-corrected chi connectivity index (χ4v) is 3.40. The molecule has 0 saturated carbocycles. The van der Waals surface area contributed by atoms with Crippen LogP contribution in [0.25, 0.3) is 0 Å². The Morgan fingerprint density at radius 3 is 2.83 bits per heavy atom. The molecule has 9 heteroatoms. The summed E-state index contributed by atoms with van der Waals surface area (Å²) >= 11 is 0. The molecule has 0 aromatic heterocycles. The maximum Gasteiger partial charge on any atom is 0.271 e. The van der Waals surface area contributed by atoms with Crippen molar-refractivity contribution in [2.45, 2.75) is 25.4 Å². The van der Waals surface area contributed by atoms with E-state index in [0.717, 1.165) is 31.0 Å². The molecule has 1 aromatic rings. The van der Waals surface area contributed by atoms with Gasteiger partial charge in [0.2, 0.25) is 10.0 Å². The first-order valence-electron chi connectivity index (χ1n) is 7.08. The lowest BCUT2D eigenvalue weighted by Crippen LogP contribution is -2.40. The van der Waals surface area contributed by atoms with E-state index in [1.807, 2.05) is 4.72 Å². The van der Waals surface area contributed by atoms with Crippen LogP contribution >= 0.6 is 0 Å². The molecule has 1 aliphatic rings. The van der Waals surface area contributed by atoms with Crippen LogP contribution in [0.4, 0.5) is 8.78 Å². The van der Waals surface area contributed by atoms with Crippen molar-refractivity contribution >= 4 is 15.9 Å². The molecule has 0 bridgehead atoms. The Morgan fingerprint density at radius 1 is 1.35 bits per heavy atom. The van der Waals surface area contributed by atoms with Crippen molar-refractivity contribution in [2.24, 2.45) is 0 Å². The highest BCUT2D eigenvalue weighted by Crippen LogP contribution is 2.18. The van der Waals surface area contributed by atoms with Gasteiger partial charge in [-0.3, -0.25) is 9.52 Å². The maximum atomic E-state index is 13.3. The van der Waals surface area contributed by atoms with Gasteiger partial charge < -0.3 is 9.47 Å². The fourth-order valence-electron chi connectivity index (χ4n) is 2.16. The van der Waals surface area contributed by atoms with E-state index in [9.17, 15) is 22.0 Å². The Labute approximate surface area is 132 Å². The standard InChI is InChI=1S/C14H17F2NO5S/c15-10-4-5-12(16)13(7-10)22-8-14(18)17-23(19,20)9-11-3-1-2-6-21-11/h4-5,7,11H,1-3,6,8-9H2,(H,17,18). The molecule has 0 aliphatic carbocycles. The lowest BCUT2D eigenvalue weighted by molar-refractivity contribution is -0.121. The second-order valence-corrected chi connectivity index (χ2v) is 6.93. The van der Waals surface area contributed by atoms with Gasteiger partial charge in [-0.1, -0.05) is 0 Å². The van der Waals surface area contributed by atoms with Crippen LogP contribution in [-0.4, -0.2) is 39.4 Å². The molecule has 1 atom stereocenters. The number of halogens is 2. The van der Waals surface area contributed by atoms with Crippen molar-refractivity contribution in [3.8, 4) is 5.75 Å². The predicted octanol–water partition coefficient (Wildman–Crippen LogP) is 1.36. The minimum absolute atomic E-state index is 0.326. The van der Waals surface area contributed by atoms with Gasteiger partial charge in [-0.25, -0.2) is 17.2 Å². The molecule has 23 heavy (non-hydrogen) atoms. The van der Waals surface area contributed by atoms with Crippen molar-refractivity contribution in [3.63, 3.8) is 0 Å². The van der Waals surface area contributed by atoms with E-state index < -0.39 is 46.0 Å². The number of nitrogens with one attached hydrogen (secondary N) is 1. The number of benzene rings is 1. The molecule has 0 radical (unpaired) electrons. The Hall–Kier alpha value is -1.74. The van der Waals surface area contributed by atoms with Crippen molar-refractivity contribution in [1.29, 1.82) is 0 Å². The van der Waals surface area contributed by atoms with Crippen LogP contribution in [0.2, 0.25) is 0 Å². The van der Waals surface area contributed by atoms with Gasteiger partial charge in [-0.2, -0.15) is 0 Å². The second kappa shape index (κ2) is 7.69. The van der Waals surface area contributed by atoms with Crippen LogP contribution in [-0.2, 0) is 19.6 Å². The highest BCUT2D eigenvalue weighted by atomic mass is 32.2. The Bertz CT molecular complexity index is 659. The largest absolute Gasteiger partial charge is 0.481 e. The Balaban J connectivity index is 1.84. The molecule has 6 nitrogen and oxygen atoms in total. The summed E-state index contributed by atoms with van der Waals surface area (Å²) in [6, 6.07) is 2.52. The number of sulfonamides is 1. The number of carbonyl (C=O) groups is 1. The van der Waals surface area contributed by atoms with E-state index >= 15 is 0 Å². The van der Waals surface area contributed by atoms with Crippen LogP contribution < -0.4 is 9.46 Å². The average Bonchev–Trinajstić information content (AvgIpc) is 2.48. The van der Waals surface area contributed by atoms with Gasteiger partial charge in [0.15, 0.2) is 18.2 Å². The summed E-state index contributed by atoms with van der Waals surface area (Å²) in [6.45, 7) is -0.249. The molecule has 1 amide bonds. The van der Waals surface area contributed by atoms with Gasteiger partial charge in [-0.05, 0) is 31.4 Å². The number of hydrogen-bond acceptors (Lipinski definition) is 5. The third kappa shape index (κ3) is 5.76. The molecule has 1 aliphatic heterocycles. The molecule has 1 N–H and O–H groups in total. The fraction of sp³-hybridized carbons (Fsp3) is 0.500. The topological polar surface area (TPSA) is 81.7 Å². The van der Waals surface area contributed by atoms with Crippen LogP contribution in [0.5, 0.6) is 5.75 Å². The first-order chi connectivity index (χ1) is 10.9. The van der Waals surface area contributed by atoms with Crippen molar-refractivity contribution in [1.82, 2.24) is 4.72 Å². The number of amides is 1. The second-order valence-electron chi connectivity index (χ2n) is 5.16.